The minimum atomic E-state index is -0.521. The fourth-order valence-corrected chi connectivity index (χ4v) is 3.06. The molecule has 8 nitrogen and oxygen atoms in total. The number of esters is 1. The number of aromatic amines is 1. The number of fused-ring (bicyclic) bond motifs is 1. The average Bonchev–Trinajstić information content (AvgIpc) is 3.03. The first-order chi connectivity index (χ1) is 12.3. The predicted octanol–water partition coefficient (Wildman–Crippen LogP) is 2.95. The van der Waals surface area contributed by atoms with Gasteiger partial charge in [0, 0.05) is 6.04 Å². The molecule has 26 heavy (non-hydrogen) atoms. The number of benzene rings is 1. The standard InChI is InChI=1S/C18H24N4O4/c1-18(2,3)26-17(24)19-12-9-7-11(8-10-12)16(23)25-14-6-4-5-13-15(14)21-22-20-13/h4-6,11-12H,7-10H2,1-3H3,(H,19,24)(H,20,21,22). The predicted molar refractivity (Wildman–Crippen MR) is 94.6 cm³/mol. The Labute approximate surface area is 151 Å². The molecule has 1 fully saturated rings. The van der Waals surface area contributed by atoms with Crippen LogP contribution in [0.4, 0.5) is 4.79 Å². The molecule has 1 saturated carbocycles. The van der Waals surface area contributed by atoms with Crippen LogP contribution in [0.2, 0.25) is 0 Å². The fraction of sp³-hybridized carbons (Fsp3) is 0.556. The number of rotatable bonds is 3. The van der Waals surface area contributed by atoms with Gasteiger partial charge in [-0.15, -0.1) is 0 Å². The van der Waals surface area contributed by atoms with Crippen LogP contribution in [-0.2, 0) is 9.53 Å². The Morgan fingerprint density at radius 2 is 1.88 bits per heavy atom. The van der Waals surface area contributed by atoms with Gasteiger partial charge in [0.25, 0.3) is 0 Å². The van der Waals surface area contributed by atoms with E-state index in [-0.39, 0.29) is 17.9 Å². The van der Waals surface area contributed by atoms with Gasteiger partial charge in [-0.2, -0.15) is 15.4 Å². The highest BCUT2D eigenvalue weighted by atomic mass is 16.6. The molecule has 2 N–H and O–H groups in total. The lowest BCUT2D eigenvalue weighted by Gasteiger charge is -2.29. The van der Waals surface area contributed by atoms with Gasteiger partial charge in [-0.1, -0.05) is 6.07 Å². The number of ether oxygens (including phenoxy) is 2. The smallest absolute Gasteiger partial charge is 0.407 e. The summed E-state index contributed by atoms with van der Waals surface area (Å²) >= 11 is 0. The molecule has 0 saturated heterocycles. The molecule has 1 aromatic carbocycles. The molecular formula is C18H24N4O4. The summed E-state index contributed by atoms with van der Waals surface area (Å²) in [7, 11) is 0. The second-order valence-electron chi connectivity index (χ2n) is 7.56. The molecule has 1 aromatic heterocycles. The lowest BCUT2D eigenvalue weighted by molar-refractivity contribution is -0.140. The van der Waals surface area contributed by atoms with Crippen LogP contribution in [0.1, 0.15) is 46.5 Å². The third-order valence-electron chi connectivity index (χ3n) is 4.30. The van der Waals surface area contributed by atoms with Crippen molar-refractivity contribution in [3.8, 4) is 5.75 Å². The third kappa shape index (κ3) is 4.50. The number of hydrogen-bond acceptors (Lipinski definition) is 6. The lowest BCUT2D eigenvalue weighted by Crippen LogP contribution is -2.41. The van der Waals surface area contributed by atoms with Crippen molar-refractivity contribution in [1.82, 2.24) is 20.7 Å². The van der Waals surface area contributed by atoms with Crippen molar-refractivity contribution in [2.75, 3.05) is 0 Å². The van der Waals surface area contributed by atoms with E-state index in [9.17, 15) is 9.59 Å². The molecule has 2 aromatic rings. The summed E-state index contributed by atoms with van der Waals surface area (Å²) in [6.07, 6.45) is 2.34. The van der Waals surface area contributed by atoms with E-state index in [2.05, 4.69) is 20.7 Å². The molecule has 8 heteroatoms. The van der Waals surface area contributed by atoms with E-state index in [1.807, 2.05) is 20.8 Å². The van der Waals surface area contributed by atoms with Crippen molar-refractivity contribution >= 4 is 23.1 Å². The van der Waals surface area contributed by atoms with Gasteiger partial charge < -0.3 is 14.8 Å². The van der Waals surface area contributed by atoms with Crippen molar-refractivity contribution in [3.63, 3.8) is 0 Å². The quantitative estimate of drug-likeness (QED) is 0.644. The number of aromatic nitrogens is 3. The van der Waals surface area contributed by atoms with Crippen molar-refractivity contribution in [1.29, 1.82) is 0 Å². The summed E-state index contributed by atoms with van der Waals surface area (Å²) in [5.74, 6) is -0.0414. The highest BCUT2D eigenvalue weighted by Crippen LogP contribution is 2.28. The fourth-order valence-electron chi connectivity index (χ4n) is 3.06. The summed E-state index contributed by atoms with van der Waals surface area (Å²) in [5.41, 5.74) is 0.675. The third-order valence-corrected chi connectivity index (χ3v) is 4.30. The molecular weight excluding hydrogens is 336 g/mol. The minimum absolute atomic E-state index is 0.0212. The molecule has 0 aliphatic heterocycles. The van der Waals surface area contributed by atoms with Gasteiger partial charge in [-0.25, -0.2) is 4.79 Å². The molecule has 140 valence electrons. The van der Waals surface area contributed by atoms with E-state index in [1.54, 1.807) is 18.2 Å². The zero-order chi connectivity index (χ0) is 18.7. The normalized spacial score (nSPS) is 20.6. The molecule has 0 spiro atoms. The minimum Gasteiger partial charge on any atom is -0.444 e. The van der Waals surface area contributed by atoms with Crippen LogP contribution in [-0.4, -0.2) is 39.1 Å². The lowest BCUT2D eigenvalue weighted by atomic mass is 9.86. The van der Waals surface area contributed by atoms with Crippen LogP contribution in [0.25, 0.3) is 11.0 Å². The highest BCUT2D eigenvalue weighted by molar-refractivity contribution is 5.84. The Hall–Kier alpha value is -2.64. The Balaban J connectivity index is 1.51. The van der Waals surface area contributed by atoms with Crippen LogP contribution in [0.3, 0.4) is 0 Å². The topological polar surface area (TPSA) is 106 Å². The molecule has 1 aliphatic rings. The van der Waals surface area contributed by atoms with Crippen LogP contribution >= 0.6 is 0 Å². The van der Waals surface area contributed by atoms with E-state index in [4.69, 9.17) is 9.47 Å². The summed E-state index contributed by atoms with van der Waals surface area (Å²) in [4.78, 5) is 24.3. The molecule has 1 heterocycles. The molecule has 0 unspecified atom stereocenters. The monoisotopic (exact) mass is 360 g/mol. The zero-order valence-corrected chi connectivity index (χ0v) is 15.2. The maximum absolute atomic E-state index is 12.5. The van der Waals surface area contributed by atoms with E-state index < -0.39 is 11.7 Å². The SMILES string of the molecule is CC(C)(C)OC(=O)NC1CCC(C(=O)Oc2cccc3n[nH]nc23)CC1. The van der Waals surface area contributed by atoms with Gasteiger partial charge in [-0.05, 0) is 58.6 Å². The zero-order valence-electron chi connectivity index (χ0n) is 15.2. The van der Waals surface area contributed by atoms with E-state index in [0.29, 0.717) is 42.5 Å². The number of carbonyl (C=O) groups excluding carboxylic acids is 2. The number of para-hydroxylation sites is 1. The highest BCUT2D eigenvalue weighted by Gasteiger charge is 2.30. The van der Waals surface area contributed by atoms with Crippen molar-refractivity contribution in [2.24, 2.45) is 5.92 Å². The van der Waals surface area contributed by atoms with E-state index in [1.165, 1.54) is 0 Å². The summed E-state index contributed by atoms with van der Waals surface area (Å²) in [6, 6.07) is 5.30. The summed E-state index contributed by atoms with van der Waals surface area (Å²) in [5, 5.41) is 13.4. The van der Waals surface area contributed by atoms with Gasteiger partial charge in [-0.3, -0.25) is 4.79 Å². The number of H-pyrrole nitrogens is 1. The first kappa shape index (κ1) is 18.2. The van der Waals surface area contributed by atoms with Gasteiger partial charge in [0.15, 0.2) is 11.3 Å². The number of alkyl carbamates (subject to hydrolysis) is 1. The first-order valence-corrected chi connectivity index (χ1v) is 8.82. The number of nitrogens with one attached hydrogen (secondary N) is 2. The van der Waals surface area contributed by atoms with Crippen LogP contribution in [0.5, 0.6) is 5.75 Å². The number of hydrogen-bond donors (Lipinski definition) is 2. The van der Waals surface area contributed by atoms with Gasteiger partial charge in [0.2, 0.25) is 0 Å². The second-order valence-corrected chi connectivity index (χ2v) is 7.56. The maximum atomic E-state index is 12.5. The summed E-state index contributed by atoms with van der Waals surface area (Å²) in [6.45, 7) is 5.48. The Morgan fingerprint density at radius 3 is 2.58 bits per heavy atom. The Bertz CT molecular complexity index is 788. The Morgan fingerprint density at radius 1 is 1.15 bits per heavy atom. The number of nitrogens with zero attached hydrogens (tertiary/aromatic N) is 2. The van der Waals surface area contributed by atoms with Crippen molar-refractivity contribution in [3.05, 3.63) is 18.2 Å². The Kier molecular flexibility index (Phi) is 5.11. The molecule has 0 atom stereocenters. The van der Waals surface area contributed by atoms with Crippen LogP contribution in [0.15, 0.2) is 18.2 Å². The maximum Gasteiger partial charge on any atom is 0.407 e. The largest absolute Gasteiger partial charge is 0.444 e. The molecule has 3 rings (SSSR count). The summed E-state index contributed by atoms with van der Waals surface area (Å²) < 4.78 is 10.8. The number of amides is 1. The van der Waals surface area contributed by atoms with E-state index >= 15 is 0 Å². The van der Waals surface area contributed by atoms with Crippen LogP contribution in [0, 0.1) is 5.92 Å². The average molecular weight is 360 g/mol. The van der Waals surface area contributed by atoms with Crippen molar-refractivity contribution in [2.45, 2.75) is 58.1 Å². The second kappa shape index (κ2) is 7.31. The van der Waals surface area contributed by atoms with Crippen molar-refractivity contribution < 1.29 is 19.1 Å². The molecule has 1 amide bonds. The van der Waals surface area contributed by atoms with Gasteiger partial charge in [0.05, 0.1) is 5.92 Å². The van der Waals surface area contributed by atoms with Crippen LogP contribution < -0.4 is 10.1 Å². The van der Waals surface area contributed by atoms with Gasteiger partial charge >= 0.3 is 12.1 Å². The number of carbonyl (C=O) groups is 2. The van der Waals surface area contributed by atoms with E-state index in [0.717, 1.165) is 0 Å². The van der Waals surface area contributed by atoms with Gasteiger partial charge in [0.1, 0.15) is 11.1 Å². The molecule has 0 bridgehead atoms. The first-order valence-electron chi connectivity index (χ1n) is 8.82. The molecule has 0 radical (unpaired) electrons. The molecule has 1 aliphatic carbocycles.